The third-order valence-electron chi connectivity index (χ3n) is 11.8. The molecule has 0 radical (unpaired) electrons. The Hall–Kier alpha value is -1.61. The number of nitrogens with zero attached hydrogens (tertiary/aromatic N) is 2. The molecule has 0 spiro atoms. The first kappa shape index (κ1) is 25.1. The lowest BCUT2D eigenvalue weighted by Gasteiger charge is -2.62. The summed E-state index contributed by atoms with van der Waals surface area (Å²) in [7, 11) is 6.54. The summed E-state index contributed by atoms with van der Waals surface area (Å²) in [5.74, 6) is 3.98. The summed E-state index contributed by atoms with van der Waals surface area (Å²) in [6.07, 6.45) is 10.2. The van der Waals surface area contributed by atoms with Gasteiger partial charge in [-0.1, -0.05) is 44.2 Å². The van der Waals surface area contributed by atoms with E-state index in [9.17, 15) is 4.79 Å². The van der Waals surface area contributed by atoms with E-state index in [1.54, 1.807) is 5.57 Å². The highest BCUT2D eigenvalue weighted by atomic mass is 16.2. The molecular weight excluding hydrogens is 428 g/mol. The van der Waals surface area contributed by atoms with Gasteiger partial charge in [-0.2, -0.15) is 0 Å². The fourth-order valence-corrected chi connectivity index (χ4v) is 9.82. The topological polar surface area (TPSA) is 23.6 Å². The molecule has 1 aromatic rings. The third kappa shape index (κ3) is 3.92. The van der Waals surface area contributed by atoms with Crippen molar-refractivity contribution in [3.05, 3.63) is 48.0 Å². The number of hydrogen-bond acceptors (Lipinski definition) is 2. The number of fused-ring (bicyclic) bond motifs is 5. The summed E-state index contributed by atoms with van der Waals surface area (Å²) in [4.78, 5) is 17.7. The van der Waals surface area contributed by atoms with Crippen molar-refractivity contribution in [2.24, 2.45) is 40.4 Å². The van der Waals surface area contributed by atoms with E-state index in [1.807, 2.05) is 37.4 Å². The smallest absolute Gasteiger partial charge is 0.253 e. The first-order valence-electron chi connectivity index (χ1n) is 14.2. The van der Waals surface area contributed by atoms with E-state index in [4.69, 9.17) is 6.58 Å². The molecule has 1 aromatic carbocycles. The van der Waals surface area contributed by atoms with Gasteiger partial charge >= 0.3 is 0 Å². The predicted molar refractivity (Wildman–Crippen MR) is 145 cm³/mol. The standard InChI is InChI=1S/C32H48N2O/c1-21-20-32(4)27(22(2)33(5)6)15-16-28(32)26-14-13-24-19-25(17-18-31(24,3)29(21)26)34(7)30(35)23-11-9-8-10-12-23/h8-12,22,24-29H,1,13-20H2,2-7H3/t22-,24-,25+,26-,27+,28-,29-,31-,32+/m0/s1. The molecule has 0 bridgehead atoms. The van der Waals surface area contributed by atoms with Gasteiger partial charge in [0.05, 0.1) is 0 Å². The lowest BCUT2D eigenvalue weighted by atomic mass is 9.43. The van der Waals surface area contributed by atoms with Crippen LogP contribution in [0.1, 0.15) is 82.5 Å². The van der Waals surface area contributed by atoms with Crippen LogP contribution in [0.3, 0.4) is 0 Å². The quantitative estimate of drug-likeness (QED) is 0.441. The maximum Gasteiger partial charge on any atom is 0.253 e. The minimum atomic E-state index is 0.178. The molecule has 1 amide bonds. The first-order chi connectivity index (χ1) is 16.6. The van der Waals surface area contributed by atoms with Crippen LogP contribution in [-0.4, -0.2) is 48.9 Å². The Kier molecular flexibility index (Phi) is 6.48. The second-order valence-corrected chi connectivity index (χ2v) is 13.5. The summed E-state index contributed by atoms with van der Waals surface area (Å²) < 4.78 is 0. The van der Waals surface area contributed by atoms with E-state index in [2.05, 4.69) is 44.7 Å². The third-order valence-corrected chi connectivity index (χ3v) is 11.8. The Bertz CT molecular complexity index is 956. The van der Waals surface area contributed by atoms with Crippen molar-refractivity contribution in [3.63, 3.8) is 0 Å². The average Bonchev–Trinajstić information content (AvgIpc) is 3.18. The van der Waals surface area contributed by atoms with Gasteiger partial charge in [0.1, 0.15) is 0 Å². The van der Waals surface area contributed by atoms with Crippen LogP contribution in [0.2, 0.25) is 0 Å². The molecule has 3 nitrogen and oxygen atoms in total. The van der Waals surface area contributed by atoms with E-state index < -0.39 is 0 Å². The summed E-state index contributed by atoms with van der Waals surface area (Å²) in [6, 6.07) is 10.8. The van der Waals surface area contributed by atoms with Gasteiger partial charge in [-0.05, 0) is 125 Å². The van der Waals surface area contributed by atoms with Crippen molar-refractivity contribution < 1.29 is 4.79 Å². The Morgan fingerprint density at radius 3 is 2.40 bits per heavy atom. The number of hydrogen-bond donors (Lipinski definition) is 0. The van der Waals surface area contributed by atoms with Crippen LogP contribution in [0.5, 0.6) is 0 Å². The van der Waals surface area contributed by atoms with Crippen LogP contribution in [0.25, 0.3) is 0 Å². The second-order valence-electron chi connectivity index (χ2n) is 13.5. The summed E-state index contributed by atoms with van der Waals surface area (Å²) in [5, 5.41) is 0. The summed E-state index contributed by atoms with van der Waals surface area (Å²) in [6.45, 7) is 12.5. The number of carbonyl (C=O) groups is 1. The first-order valence-corrected chi connectivity index (χ1v) is 14.2. The Morgan fingerprint density at radius 2 is 1.71 bits per heavy atom. The van der Waals surface area contributed by atoms with Crippen LogP contribution in [0, 0.1) is 40.4 Å². The van der Waals surface area contributed by atoms with E-state index in [0.717, 1.165) is 36.2 Å². The lowest BCUT2D eigenvalue weighted by molar-refractivity contribution is -0.0944. The molecule has 0 unspecified atom stereocenters. The molecule has 0 saturated heterocycles. The minimum Gasteiger partial charge on any atom is -0.339 e. The van der Waals surface area contributed by atoms with Crippen molar-refractivity contribution in [2.45, 2.75) is 84.2 Å². The monoisotopic (exact) mass is 476 g/mol. The van der Waals surface area contributed by atoms with Gasteiger partial charge < -0.3 is 9.80 Å². The van der Waals surface area contributed by atoms with Crippen molar-refractivity contribution in [2.75, 3.05) is 21.1 Å². The van der Waals surface area contributed by atoms with Crippen LogP contribution in [0.15, 0.2) is 42.5 Å². The second kappa shape index (κ2) is 9.05. The van der Waals surface area contributed by atoms with Gasteiger partial charge in [0.15, 0.2) is 0 Å². The van der Waals surface area contributed by atoms with E-state index in [-0.39, 0.29) is 5.91 Å². The lowest BCUT2D eigenvalue weighted by Crippen LogP contribution is -2.57. The molecule has 9 atom stereocenters. The zero-order chi connectivity index (χ0) is 25.1. The maximum atomic E-state index is 13.2. The molecule has 192 valence electrons. The molecule has 4 fully saturated rings. The molecule has 4 saturated carbocycles. The fraction of sp³-hybridized carbons (Fsp3) is 0.719. The van der Waals surface area contributed by atoms with E-state index in [0.29, 0.717) is 34.7 Å². The number of benzene rings is 1. The molecule has 35 heavy (non-hydrogen) atoms. The van der Waals surface area contributed by atoms with Crippen LogP contribution in [-0.2, 0) is 0 Å². The van der Waals surface area contributed by atoms with Gasteiger partial charge in [-0.3, -0.25) is 4.79 Å². The van der Waals surface area contributed by atoms with Crippen molar-refractivity contribution >= 4 is 5.91 Å². The van der Waals surface area contributed by atoms with Gasteiger partial charge in [-0.25, -0.2) is 0 Å². The summed E-state index contributed by atoms with van der Waals surface area (Å²) >= 11 is 0. The molecular formula is C32H48N2O. The number of rotatable bonds is 4. The fourth-order valence-electron chi connectivity index (χ4n) is 9.82. The largest absolute Gasteiger partial charge is 0.339 e. The predicted octanol–water partition coefficient (Wildman–Crippen LogP) is 6.90. The van der Waals surface area contributed by atoms with Crippen molar-refractivity contribution in [3.8, 4) is 0 Å². The molecule has 3 heteroatoms. The molecule has 4 aliphatic rings. The van der Waals surface area contributed by atoms with Gasteiger partial charge in [0.25, 0.3) is 5.91 Å². The highest BCUT2D eigenvalue weighted by Gasteiger charge is 2.62. The van der Waals surface area contributed by atoms with Crippen molar-refractivity contribution in [1.82, 2.24) is 9.80 Å². The normalized spacial score (nSPS) is 41.6. The Labute approximate surface area is 214 Å². The van der Waals surface area contributed by atoms with Crippen LogP contribution < -0.4 is 0 Å². The molecule has 0 aromatic heterocycles. The summed E-state index contributed by atoms with van der Waals surface area (Å²) in [5.41, 5.74) is 3.13. The SMILES string of the molecule is C=C1C[C@]2(C)[C@@H]([C@H](C)N(C)C)CC[C@H]2[C@@H]2CC[C@H]3C[C@H](N(C)C(=O)c4ccccc4)CC[C@]3(C)[C@@H]12. The minimum absolute atomic E-state index is 0.178. The van der Waals surface area contributed by atoms with E-state index >= 15 is 0 Å². The molecule has 5 rings (SSSR count). The van der Waals surface area contributed by atoms with Gasteiger partial charge in [-0.15, -0.1) is 0 Å². The van der Waals surface area contributed by atoms with Crippen LogP contribution in [0.4, 0.5) is 0 Å². The Morgan fingerprint density at radius 1 is 1.00 bits per heavy atom. The molecule has 0 heterocycles. The number of carbonyl (C=O) groups excluding carboxylic acids is 1. The Balaban J connectivity index is 1.34. The maximum absolute atomic E-state index is 13.2. The van der Waals surface area contributed by atoms with Gasteiger partial charge in [0, 0.05) is 24.7 Å². The molecule has 4 aliphatic carbocycles. The number of allylic oxidation sites excluding steroid dienone is 1. The average molecular weight is 477 g/mol. The van der Waals surface area contributed by atoms with E-state index in [1.165, 1.54) is 38.5 Å². The zero-order valence-electron chi connectivity index (χ0n) is 23.1. The molecule has 0 N–H and O–H groups in total. The molecule has 0 aliphatic heterocycles. The number of amides is 1. The highest BCUT2D eigenvalue weighted by molar-refractivity contribution is 5.94. The highest BCUT2D eigenvalue weighted by Crippen LogP contribution is 2.69. The van der Waals surface area contributed by atoms with Gasteiger partial charge in [0.2, 0.25) is 0 Å². The van der Waals surface area contributed by atoms with Crippen LogP contribution >= 0.6 is 0 Å². The van der Waals surface area contributed by atoms with Crippen molar-refractivity contribution in [1.29, 1.82) is 0 Å². The zero-order valence-corrected chi connectivity index (χ0v) is 23.1.